The smallest absolute Gasteiger partial charge is 0.000640 e. The van der Waals surface area contributed by atoms with Crippen molar-refractivity contribution in [1.82, 2.24) is 0 Å². The van der Waals surface area contributed by atoms with Crippen LogP contribution in [0.25, 0.3) is 6.08 Å². The van der Waals surface area contributed by atoms with Crippen molar-refractivity contribution in [3.63, 3.8) is 0 Å². The fraction of sp³-hybridized carbons (Fsp3) is 0.111. The lowest BCUT2D eigenvalue weighted by molar-refractivity contribution is 0.797. The summed E-state index contributed by atoms with van der Waals surface area (Å²) in [6.07, 6.45) is 13.4. The Labute approximate surface area is 162 Å². The molecule has 0 atom stereocenters. The molecule has 0 bridgehead atoms. The molecule has 0 saturated heterocycles. The van der Waals surface area contributed by atoms with Gasteiger partial charge >= 0.3 is 0 Å². The van der Waals surface area contributed by atoms with E-state index in [1.165, 1.54) is 27.8 Å². The van der Waals surface area contributed by atoms with E-state index in [0.717, 1.165) is 12.8 Å². The van der Waals surface area contributed by atoms with Crippen molar-refractivity contribution in [3.05, 3.63) is 137 Å². The summed E-state index contributed by atoms with van der Waals surface area (Å²) < 4.78 is 0. The second-order valence-corrected chi connectivity index (χ2v) is 7.12. The van der Waals surface area contributed by atoms with E-state index < -0.39 is 0 Å². The quantitative estimate of drug-likeness (QED) is 0.484. The van der Waals surface area contributed by atoms with Gasteiger partial charge in [-0.3, -0.25) is 0 Å². The normalized spacial score (nSPS) is 15.7. The Balaban J connectivity index is 1.40. The number of rotatable bonds is 5. The summed E-state index contributed by atoms with van der Waals surface area (Å²) in [6, 6.07) is 30.2. The van der Waals surface area contributed by atoms with Gasteiger partial charge in [-0.1, -0.05) is 109 Å². The fourth-order valence-corrected chi connectivity index (χ4v) is 3.53. The maximum absolute atomic E-state index is 2.35. The maximum atomic E-state index is 2.35. The second kappa shape index (κ2) is 8.51. The third-order valence-electron chi connectivity index (χ3n) is 4.92. The summed E-state index contributed by atoms with van der Waals surface area (Å²) in [5.74, 6) is 0.463. The Kier molecular flexibility index (Phi) is 5.45. The van der Waals surface area contributed by atoms with Gasteiger partial charge in [0.05, 0.1) is 0 Å². The lowest BCUT2D eigenvalue weighted by Crippen LogP contribution is -2.01. The van der Waals surface area contributed by atoms with Gasteiger partial charge in [-0.25, -0.2) is 0 Å². The summed E-state index contributed by atoms with van der Waals surface area (Å²) in [4.78, 5) is 0. The van der Waals surface area contributed by atoms with Crippen LogP contribution in [0.2, 0.25) is 0 Å². The average Bonchev–Trinajstić information content (AvgIpc) is 2.71. The molecule has 0 N–H and O–H groups in total. The zero-order valence-electron chi connectivity index (χ0n) is 15.5. The van der Waals surface area contributed by atoms with Gasteiger partial charge in [-0.05, 0) is 52.7 Å². The average molecular weight is 348 g/mol. The highest BCUT2D eigenvalue weighted by molar-refractivity contribution is 5.60. The summed E-state index contributed by atoms with van der Waals surface area (Å²) in [5.41, 5.74) is 6.65. The van der Waals surface area contributed by atoms with Crippen molar-refractivity contribution in [3.8, 4) is 0 Å². The Morgan fingerprint density at radius 2 is 1.26 bits per heavy atom. The van der Waals surface area contributed by atoms with Crippen LogP contribution in [0.15, 0.2) is 115 Å². The molecule has 3 aromatic rings. The van der Waals surface area contributed by atoms with Gasteiger partial charge in [-0.15, -0.1) is 0 Å². The fourth-order valence-electron chi connectivity index (χ4n) is 3.53. The molecule has 1 aliphatic rings. The number of benzene rings is 3. The first-order valence-corrected chi connectivity index (χ1v) is 9.60. The highest BCUT2D eigenvalue weighted by atomic mass is 14.1. The molecular weight excluding hydrogens is 324 g/mol. The minimum atomic E-state index is 0.463. The molecule has 0 radical (unpaired) electrons. The first-order valence-electron chi connectivity index (χ1n) is 9.60. The van der Waals surface area contributed by atoms with E-state index in [1.807, 2.05) is 0 Å². The van der Waals surface area contributed by atoms with Crippen LogP contribution in [-0.2, 0) is 12.8 Å². The van der Waals surface area contributed by atoms with Crippen LogP contribution in [0.1, 0.15) is 22.3 Å². The van der Waals surface area contributed by atoms with E-state index in [2.05, 4.69) is 115 Å². The highest BCUT2D eigenvalue weighted by Crippen LogP contribution is 2.21. The second-order valence-electron chi connectivity index (χ2n) is 7.12. The number of hydrogen-bond acceptors (Lipinski definition) is 0. The molecule has 132 valence electrons. The zero-order chi connectivity index (χ0) is 18.3. The Morgan fingerprint density at radius 1 is 0.630 bits per heavy atom. The lowest BCUT2D eigenvalue weighted by atomic mass is 9.92. The highest BCUT2D eigenvalue weighted by Gasteiger charge is 2.07. The van der Waals surface area contributed by atoms with Crippen molar-refractivity contribution in [2.24, 2.45) is 5.92 Å². The maximum Gasteiger partial charge on any atom is -0.000640 e. The molecule has 0 heterocycles. The largest absolute Gasteiger partial charge is 0.0767 e. The van der Waals surface area contributed by atoms with E-state index in [9.17, 15) is 0 Å². The molecule has 0 heteroatoms. The molecule has 0 nitrogen and oxygen atoms in total. The van der Waals surface area contributed by atoms with Crippen LogP contribution in [0, 0.1) is 5.92 Å². The van der Waals surface area contributed by atoms with Crippen molar-refractivity contribution < 1.29 is 0 Å². The summed E-state index contributed by atoms with van der Waals surface area (Å²) in [5, 5.41) is 0. The van der Waals surface area contributed by atoms with Crippen molar-refractivity contribution in [2.75, 3.05) is 0 Å². The molecular formula is C27H24. The molecule has 0 aliphatic heterocycles. The predicted molar refractivity (Wildman–Crippen MR) is 116 cm³/mol. The van der Waals surface area contributed by atoms with E-state index in [-0.39, 0.29) is 0 Å². The lowest BCUT2D eigenvalue weighted by Gasteiger charge is -2.13. The van der Waals surface area contributed by atoms with Crippen LogP contribution in [0.3, 0.4) is 0 Å². The van der Waals surface area contributed by atoms with E-state index in [1.54, 1.807) is 0 Å². The van der Waals surface area contributed by atoms with Crippen molar-refractivity contribution in [2.45, 2.75) is 12.8 Å². The topological polar surface area (TPSA) is 0 Å². The first-order chi connectivity index (χ1) is 13.3. The van der Waals surface area contributed by atoms with Crippen LogP contribution in [-0.4, -0.2) is 0 Å². The standard InChI is InChI=1S/C27H24/c1-3-8-22(9-4-1)18-24-14-16-25(17-15-24)20-27-13-7-12-26(21-27)19-23-10-5-2-6-11-23/h1-18,21,25H,19-20H2. The van der Waals surface area contributed by atoms with Crippen molar-refractivity contribution in [1.29, 1.82) is 0 Å². The van der Waals surface area contributed by atoms with Gasteiger partial charge in [0.2, 0.25) is 0 Å². The Bertz CT molecular complexity index is 943. The summed E-state index contributed by atoms with van der Waals surface area (Å²) >= 11 is 0. The van der Waals surface area contributed by atoms with Gasteiger partial charge in [0.15, 0.2) is 0 Å². The van der Waals surface area contributed by atoms with Crippen LogP contribution in [0.5, 0.6) is 0 Å². The molecule has 0 amide bonds. The molecule has 4 rings (SSSR count). The molecule has 0 saturated carbocycles. The van der Waals surface area contributed by atoms with Gasteiger partial charge in [0.1, 0.15) is 0 Å². The molecule has 1 aliphatic carbocycles. The van der Waals surface area contributed by atoms with Crippen LogP contribution in [0.4, 0.5) is 0 Å². The van der Waals surface area contributed by atoms with Gasteiger partial charge in [0.25, 0.3) is 0 Å². The van der Waals surface area contributed by atoms with Gasteiger partial charge in [0, 0.05) is 0 Å². The zero-order valence-corrected chi connectivity index (χ0v) is 15.5. The third kappa shape index (κ3) is 4.95. The third-order valence-corrected chi connectivity index (χ3v) is 4.92. The summed E-state index contributed by atoms with van der Waals surface area (Å²) in [7, 11) is 0. The Morgan fingerprint density at radius 3 is 2.00 bits per heavy atom. The monoisotopic (exact) mass is 348 g/mol. The Hall–Kier alpha value is -3.12. The SMILES string of the molecule is C1=CC(Cc2cccc(Cc3ccccc3)c2)C=CC1=Cc1ccccc1. The molecule has 0 aromatic heterocycles. The van der Waals surface area contributed by atoms with Crippen LogP contribution >= 0.6 is 0 Å². The molecule has 0 spiro atoms. The molecule has 0 fully saturated rings. The molecule has 3 aromatic carbocycles. The minimum absolute atomic E-state index is 0.463. The van der Waals surface area contributed by atoms with E-state index in [4.69, 9.17) is 0 Å². The predicted octanol–water partition coefficient (Wildman–Crippen LogP) is 6.65. The van der Waals surface area contributed by atoms with Crippen LogP contribution < -0.4 is 0 Å². The first kappa shape index (κ1) is 17.3. The van der Waals surface area contributed by atoms with Gasteiger partial charge < -0.3 is 0 Å². The summed E-state index contributed by atoms with van der Waals surface area (Å²) in [6.45, 7) is 0. The molecule has 0 unspecified atom stereocenters. The number of hydrogen-bond donors (Lipinski definition) is 0. The van der Waals surface area contributed by atoms with Gasteiger partial charge in [-0.2, -0.15) is 0 Å². The van der Waals surface area contributed by atoms with E-state index in [0.29, 0.717) is 5.92 Å². The van der Waals surface area contributed by atoms with Crippen molar-refractivity contribution >= 4 is 6.08 Å². The molecule has 27 heavy (non-hydrogen) atoms. The van der Waals surface area contributed by atoms with E-state index >= 15 is 0 Å². The minimum Gasteiger partial charge on any atom is -0.0767 e. The number of allylic oxidation sites excluding steroid dienone is 5.